The van der Waals surface area contributed by atoms with Gasteiger partial charge in [-0.2, -0.15) is 0 Å². The van der Waals surface area contributed by atoms with Crippen molar-refractivity contribution in [1.82, 2.24) is 14.7 Å². The third-order valence-corrected chi connectivity index (χ3v) is 5.07. The zero-order valence-corrected chi connectivity index (χ0v) is 13.4. The number of carbonyl (C=O) groups excluding carboxylic acids is 2. The van der Waals surface area contributed by atoms with E-state index in [-0.39, 0.29) is 11.8 Å². The van der Waals surface area contributed by atoms with Crippen LogP contribution < -0.4 is 0 Å². The van der Waals surface area contributed by atoms with Crippen molar-refractivity contribution in [2.45, 2.75) is 32.1 Å². The van der Waals surface area contributed by atoms with Crippen LogP contribution in [-0.4, -0.2) is 72.3 Å². The average Bonchev–Trinajstić information content (AvgIpc) is 3.23. The van der Waals surface area contributed by atoms with Gasteiger partial charge in [0.25, 0.3) is 0 Å². The summed E-state index contributed by atoms with van der Waals surface area (Å²) in [7, 11) is 0. The van der Waals surface area contributed by atoms with Crippen LogP contribution in [0.4, 0.5) is 0 Å². The number of likely N-dealkylation sites (tertiary alicyclic amines) is 3. The largest absolute Gasteiger partial charge is 0.342 e. The molecule has 0 aromatic carbocycles. The number of hydrogen-bond acceptors (Lipinski definition) is 3. The molecule has 3 aliphatic rings. The molecule has 3 fully saturated rings. The molecule has 5 nitrogen and oxygen atoms in total. The van der Waals surface area contributed by atoms with Gasteiger partial charge in [-0.1, -0.05) is 6.08 Å². The number of carbonyl (C=O) groups is 2. The molecular formula is C17H27N3O2. The standard InChI is InChI=1S/C17H27N3O2/c21-16-6-4-11-19(16)13-15-7-12-20(14-15)17(22)5-3-10-18-8-1-2-9-18/h3,5,15H,1-2,4,6-14H2/b5-3+. The summed E-state index contributed by atoms with van der Waals surface area (Å²) < 4.78 is 0. The van der Waals surface area contributed by atoms with Gasteiger partial charge in [0, 0.05) is 45.2 Å². The van der Waals surface area contributed by atoms with Gasteiger partial charge in [0.1, 0.15) is 0 Å². The summed E-state index contributed by atoms with van der Waals surface area (Å²) in [6.45, 7) is 6.59. The van der Waals surface area contributed by atoms with Crippen LogP contribution in [0.2, 0.25) is 0 Å². The Balaban J connectivity index is 1.40. The molecule has 0 spiro atoms. The first-order valence-electron chi connectivity index (χ1n) is 8.68. The van der Waals surface area contributed by atoms with Crippen molar-refractivity contribution in [1.29, 1.82) is 0 Å². The number of hydrogen-bond donors (Lipinski definition) is 0. The van der Waals surface area contributed by atoms with Crippen molar-refractivity contribution in [3.8, 4) is 0 Å². The minimum Gasteiger partial charge on any atom is -0.342 e. The number of rotatable bonds is 5. The molecule has 0 saturated carbocycles. The monoisotopic (exact) mass is 305 g/mol. The lowest BCUT2D eigenvalue weighted by Crippen LogP contribution is -2.33. The van der Waals surface area contributed by atoms with E-state index in [0.29, 0.717) is 12.3 Å². The van der Waals surface area contributed by atoms with Gasteiger partial charge in [-0.25, -0.2) is 0 Å². The van der Waals surface area contributed by atoms with E-state index in [2.05, 4.69) is 4.90 Å². The van der Waals surface area contributed by atoms with E-state index < -0.39 is 0 Å². The van der Waals surface area contributed by atoms with Gasteiger partial charge in [-0.05, 0) is 44.7 Å². The van der Waals surface area contributed by atoms with Gasteiger partial charge < -0.3 is 9.80 Å². The molecule has 0 bridgehead atoms. The summed E-state index contributed by atoms with van der Waals surface area (Å²) >= 11 is 0. The number of amides is 2. The number of nitrogens with zero attached hydrogens (tertiary/aromatic N) is 3. The lowest BCUT2D eigenvalue weighted by Gasteiger charge is -2.20. The van der Waals surface area contributed by atoms with Crippen molar-refractivity contribution in [3.63, 3.8) is 0 Å². The average molecular weight is 305 g/mol. The molecule has 0 radical (unpaired) electrons. The van der Waals surface area contributed by atoms with Crippen LogP contribution in [0.15, 0.2) is 12.2 Å². The SMILES string of the molecule is O=C(/C=C/CN1CCCC1)N1CCC(CN2CCCC2=O)C1. The predicted octanol–water partition coefficient (Wildman–Crippen LogP) is 1.11. The highest BCUT2D eigenvalue weighted by Crippen LogP contribution is 2.20. The molecule has 0 aliphatic carbocycles. The van der Waals surface area contributed by atoms with Crippen molar-refractivity contribution >= 4 is 11.8 Å². The summed E-state index contributed by atoms with van der Waals surface area (Å²) in [5.41, 5.74) is 0. The molecule has 2 amide bonds. The summed E-state index contributed by atoms with van der Waals surface area (Å²) in [5.74, 6) is 0.878. The molecule has 0 aromatic heterocycles. The fourth-order valence-corrected chi connectivity index (χ4v) is 3.76. The Hall–Kier alpha value is -1.36. The maximum absolute atomic E-state index is 12.2. The molecule has 0 aromatic rings. The molecule has 3 heterocycles. The molecule has 3 saturated heterocycles. The minimum absolute atomic E-state index is 0.134. The zero-order valence-electron chi connectivity index (χ0n) is 13.4. The molecule has 5 heteroatoms. The van der Waals surface area contributed by atoms with Gasteiger partial charge in [-0.3, -0.25) is 14.5 Å². The first-order valence-corrected chi connectivity index (χ1v) is 8.68. The fraction of sp³-hybridized carbons (Fsp3) is 0.765. The molecule has 3 aliphatic heterocycles. The van der Waals surface area contributed by atoms with Gasteiger partial charge >= 0.3 is 0 Å². The van der Waals surface area contributed by atoms with Gasteiger partial charge in [-0.15, -0.1) is 0 Å². The molecule has 1 unspecified atom stereocenters. The highest BCUT2D eigenvalue weighted by molar-refractivity contribution is 5.87. The Morgan fingerprint density at radius 3 is 2.68 bits per heavy atom. The Morgan fingerprint density at radius 2 is 1.95 bits per heavy atom. The van der Waals surface area contributed by atoms with Gasteiger partial charge in [0.05, 0.1) is 0 Å². The van der Waals surface area contributed by atoms with E-state index in [1.165, 1.54) is 12.8 Å². The highest BCUT2D eigenvalue weighted by Gasteiger charge is 2.29. The van der Waals surface area contributed by atoms with Crippen molar-refractivity contribution < 1.29 is 9.59 Å². The molecule has 1 atom stereocenters. The Kier molecular flexibility index (Phi) is 5.13. The third kappa shape index (κ3) is 3.88. The lowest BCUT2D eigenvalue weighted by atomic mass is 10.1. The van der Waals surface area contributed by atoms with Crippen molar-refractivity contribution in [2.75, 3.05) is 45.8 Å². The van der Waals surface area contributed by atoms with E-state index >= 15 is 0 Å². The van der Waals surface area contributed by atoms with Crippen molar-refractivity contribution in [2.24, 2.45) is 5.92 Å². The minimum atomic E-state index is 0.134. The Morgan fingerprint density at radius 1 is 1.14 bits per heavy atom. The van der Waals surface area contributed by atoms with Crippen molar-refractivity contribution in [3.05, 3.63) is 12.2 Å². The second-order valence-corrected chi connectivity index (χ2v) is 6.79. The first-order chi connectivity index (χ1) is 10.7. The summed E-state index contributed by atoms with van der Waals surface area (Å²) in [6.07, 6.45) is 9.03. The maximum atomic E-state index is 12.2. The fourth-order valence-electron chi connectivity index (χ4n) is 3.76. The van der Waals surface area contributed by atoms with Crippen LogP contribution in [-0.2, 0) is 9.59 Å². The molecule has 3 rings (SSSR count). The lowest BCUT2D eigenvalue weighted by molar-refractivity contribution is -0.128. The Labute approximate surface area is 132 Å². The van der Waals surface area contributed by atoms with Gasteiger partial charge in [0.2, 0.25) is 11.8 Å². The molecule has 122 valence electrons. The predicted molar refractivity (Wildman–Crippen MR) is 85.3 cm³/mol. The van der Waals surface area contributed by atoms with Crippen LogP contribution in [0.3, 0.4) is 0 Å². The van der Waals surface area contributed by atoms with E-state index in [1.807, 2.05) is 15.9 Å². The zero-order chi connectivity index (χ0) is 15.4. The smallest absolute Gasteiger partial charge is 0.246 e. The second-order valence-electron chi connectivity index (χ2n) is 6.79. The summed E-state index contributed by atoms with van der Waals surface area (Å²) in [5, 5.41) is 0. The maximum Gasteiger partial charge on any atom is 0.246 e. The summed E-state index contributed by atoms with van der Waals surface area (Å²) in [4.78, 5) is 30.2. The molecule has 0 N–H and O–H groups in total. The third-order valence-electron chi connectivity index (χ3n) is 5.07. The second kappa shape index (κ2) is 7.27. The normalized spacial score (nSPS) is 26.7. The molecule has 22 heavy (non-hydrogen) atoms. The Bertz CT molecular complexity index is 443. The highest BCUT2D eigenvalue weighted by atomic mass is 16.2. The van der Waals surface area contributed by atoms with Crippen LogP contribution in [0.5, 0.6) is 0 Å². The van der Waals surface area contributed by atoms with Crippen LogP contribution >= 0.6 is 0 Å². The van der Waals surface area contributed by atoms with E-state index in [4.69, 9.17) is 0 Å². The summed E-state index contributed by atoms with van der Waals surface area (Å²) in [6, 6.07) is 0. The topological polar surface area (TPSA) is 43.9 Å². The first kappa shape index (κ1) is 15.5. The van der Waals surface area contributed by atoms with Gasteiger partial charge in [0.15, 0.2) is 0 Å². The molecular weight excluding hydrogens is 278 g/mol. The van der Waals surface area contributed by atoms with Crippen LogP contribution in [0.1, 0.15) is 32.1 Å². The van der Waals surface area contributed by atoms with E-state index in [9.17, 15) is 9.59 Å². The van der Waals surface area contributed by atoms with E-state index in [0.717, 1.165) is 58.7 Å². The van der Waals surface area contributed by atoms with Crippen LogP contribution in [0.25, 0.3) is 0 Å². The van der Waals surface area contributed by atoms with E-state index in [1.54, 1.807) is 6.08 Å². The quantitative estimate of drug-likeness (QED) is 0.715. The van der Waals surface area contributed by atoms with Crippen LogP contribution in [0, 0.1) is 5.92 Å².